The minimum atomic E-state index is -0.657. The molecular weight excluding hydrogens is 178 g/mol. The van der Waals surface area contributed by atoms with E-state index < -0.39 is 5.54 Å². The van der Waals surface area contributed by atoms with Crippen LogP contribution in [0.3, 0.4) is 0 Å². The molecule has 0 aliphatic carbocycles. The fourth-order valence-electron chi connectivity index (χ4n) is 1.00. The highest BCUT2D eigenvalue weighted by Gasteiger charge is 2.22. The van der Waals surface area contributed by atoms with Gasteiger partial charge in [0.1, 0.15) is 5.69 Å². The van der Waals surface area contributed by atoms with E-state index in [0.29, 0.717) is 5.06 Å². The van der Waals surface area contributed by atoms with Gasteiger partial charge >= 0.3 is 0 Å². The Morgan fingerprint density at radius 1 is 1.29 bits per heavy atom. The molecule has 0 unspecified atom stereocenters. The average Bonchev–Trinajstić information content (AvgIpc) is 2.27. The molecule has 0 amide bonds. The van der Waals surface area contributed by atoms with Crippen LogP contribution in [0.15, 0.2) is 35.1 Å². The van der Waals surface area contributed by atoms with Gasteiger partial charge in [-0.25, -0.2) is 5.06 Å². The van der Waals surface area contributed by atoms with Gasteiger partial charge in [0, 0.05) is 0 Å². The first-order chi connectivity index (χ1) is 6.82. The number of hydroxylamine groups is 1. The summed E-state index contributed by atoms with van der Waals surface area (Å²) in [6.45, 7) is 5.19. The summed E-state index contributed by atoms with van der Waals surface area (Å²) in [6, 6.07) is 5.66. The molecule has 0 saturated carbocycles. The lowest BCUT2D eigenvalue weighted by molar-refractivity contribution is 0.101. The molecule has 0 aliphatic rings. The summed E-state index contributed by atoms with van der Waals surface area (Å²) in [5.41, 5.74) is -0.949. The zero-order valence-electron chi connectivity index (χ0n) is 9.57. The number of rotatable bonds is 1. The van der Waals surface area contributed by atoms with E-state index in [1.807, 2.05) is 0 Å². The summed E-state index contributed by atoms with van der Waals surface area (Å²) in [5.74, 6) is 0. The van der Waals surface area contributed by atoms with Crippen molar-refractivity contribution >= 4 is 5.69 Å². The molecule has 14 heavy (non-hydrogen) atoms. The third kappa shape index (κ3) is 2.33. The molecule has 1 aromatic rings. The zero-order chi connectivity index (χ0) is 11.6. The standard InChI is InChI=1S/C11H14NO2/c1-11(2,3)12(14)9-7-5-4-6-8-10(9)13/h4-8H,1-3H3/i4D. The summed E-state index contributed by atoms with van der Waals surface area (Å²) in [5, 5.41) is 12.5. The van der Waals surface area contributed by atoms with Gasteiger partial charge in [0.05, 0.1) is 6.91 Å². The van der Waals surface area contributed by atoms with Gasteiger partial charge in [0.25, 0.3) is 0 Å². The second kappa shape index (κ2) is 3.80. The third-order valence-electron chi connectivity index (χ3n) is 1.75. The predicted octanol–water partition coefficient (Wildman–Crippen LogP) is 2.00. The van der Waals surface area contributed by atoms with Crippen molar-refractivity contribution in [1.82, 2.24) is 0 Å². The van der Waals surface area contributed by atoms with Gasteiger partial charge in [-0.05, 0) is 32.9 Å². The molecule has 0 N–H and O–H groups in total. The van der Waals surface area contributed by atoms with Crippen LogP contribution in [0.25, 0.3) is 0 Å². The van der Waals surface area contributed by atoms with Crippen LogP contribution in [-0.4, -0.2) is 5.54 Å². The summed E-state index contributed by atoms with van der Waals surface area (Å²) < 4.78 is 7.35. The second-order valence-electron chi connectivity index (χ2n) is 4.05. The maximum Gasteiger partial charge on any atom is 0.204 e. The van der Waals surface area contributed by atoms with E-state index >= 15 is 0 Å². The quantitative estimate of drug-likeness (QED) is 0.640. The van der Waals surface area contributed by atoms with E-state index in [2.05, 4.69) is 0 Å². The summed E-state index contributed by atoms with van der Waals surface area (Å²) >= 11 is 0. The zero-order valence-corrected chi connectivity index (χ0v) is 8.57. The Balaban J connectivity index is 3.28. The van der Waals surface area contributed by atoms with Crippen LogP contribution < -0.4 is 10.5 Å². The molecule has 0 atom stereocenters. The fourth-order valence-corrected chi connectivity index (χ4v) is 1.00. The average molecular weight is 193 g/mol. The van der Waals surface area contributed by atoms with Crippen molar-refractivity contribution in [3.05, 3.63) is 40.5 Å². The summed E-state index contributed by atoms with van der Waals surface area (Å²) in [7, 11) is 0. The van der Waals surface area contributed by atoms with E-state index in [1.54, 1.807) is 20.8 Å². The lowest BCUT2D eigenvalue weighted by Gasteiger charge is -2.27. The van der Waals surface area contributed by atoms with Gasteiger partial charge < -0.3 is 0 Å². The van der Waals surface area contributed by atoms with Gasteiger partial charge in [0.2, 0.25) is 5.43 Å². The minimum Gasteiger partial charge on any atom is -0.288 e. The Hall–Kier alpha value is -1.35. The molecule has 75 valence electrons. The van der Waals surface area contributed by atoms with Crippen molar-refractivity contribution in [2.24, 2.45) is 0 Å². The summed E-state index contributed by atoms with van der Waals surface area (Å²) in [4.78, 5) is 11.5. The highest BCUT2D eigenvalue weighted by molar-refractivity contribution is 5.44. The highest BCUT2D eigenvalue weighted by atomic mass is 16.5. The first kappa shape index (κ1) is 9.21. The molecule has 0 aromatic heterocycles. The third-order valence-corrected chi connectivity index (χ3v) is 1.75. The number of anilines is 1. The lowest BCUT2D eigenvalue weighted by atomic mass is 10.1. The van der Waals surface area contributed by atoms with Crippen LogP contribution in [0.4, 0.5) is 5.69 Å². The topological polar surface area (TPSA) is 40.2 Å². The molecule has 0 fully saturated rings. The first-order valence-electron chi connectivity index (χ1n) is 4.91. The van der Waals surface area contributed by atoms with Crippen molar-refractivity contribution in [2.75, 3.05) is 5.06 Å². The molecule has 1 rings (SSSR count). The molecule has 0 bridgehead atoms. The maximum atomic E-state index is 11.8. The van der Waals surface area contributed by atoms with Crippen LogP contribution in [-0.2, 0) is 5.21 Å². The Bertz CT molecular complexity index is 412. The largest absolute Gasteiger partial charge is 0.288 e. The minimum absolute atomic E-state index is 0.0704. The normalized spacial score (nSPS) is 12.1. The SMILES string of the molecule is [2H]c1ccc(N([O])C(C)(C)C)c(=O)cc1. The van der Waals surface area contributed by atoms with Crippen LogP contribution >= 0.6 is 0 Å². The predicted molar refractivity (Wildman–Crippen MR) is 55.6 cm³/mol. The fraction of sp³-hybridized carbons (Fsp3) is 0.364. The van der Waals surface area contributed by atoms with Gasteiger partial charge in [-0.2, -0.15) is 0 Å². The smallest absolute Gasteiger partial charge is 0.204 e. The maximum absolute atomic E-state index is 11.8. The number of hydrogen-bond acceptors (Lipinski definition) is 2. The molecule has 0 saturated heterocycles. The second-order valence-corrected chi connectivity index (χ2v) is 4.05. The van der Waals surface area contributed by atoms with Crippen molar-refractivity contribution < 1.29 is 6.58 Å². The molecule has 3 heteroatoms. The van der Waals surface area contributed by atoms with E-state index in [4.69, 9.17) is 1.37 Å². The Labute approximate surface area is 85.0 Å². The van der Waals surface area contributed by atoms with E-state index in [-0.39, 0.29) is 17.2 Å². The van der Waals surface area contributed by atoms with Crippen LogP contribution in [0, 0.1) is 0 Å². The van der Waals surface area contributed by atoms with Crippen molar-refractivity contribution in [3.63, 3.8) is 0 Å². The molecular formula is C11H14NO2. The Morgan fingerprint density at radius 3 is 2.43 bits per heavy atom. The summed E-state index contributed by atoms with van der Waals surface area (Å²) in [6.07, 6.45) is 0. The van der Waals surface area contributed by atoms with Gasteiger partial charge in [-0.1, -0.05) is 23.4 Å². The molecule has 1 radical (unpaired) electrons. The molecule has 1 aromatic carbocycles. The van der Waals surface area contributed by atoms with Gasteiger partial charge in [0.15, 0.2) is 0 Å². The lowest BCUT2D eigenvalue weighted by Crippen LogP contribution is -2.39. The van der Waals surface area contributed by atoms with Crippen molar-refractivity contribution in [1.29, 1.82) is 0 Å². The van der Waals surface area contributed by atoms with Crippen molar-refractivity contribution in [3.8, 4) is 0 Å². The first-order valence-corrected chi connectivity index (χ1v) is 4.41. The van der Waals surface area contributed by atoms with E-state index in [0.717, 1.165) is 0 Å². The van der Waals surface area contributed by atoms with Crippen LogP contribution in [0.1, 0.15) is 22.1 Å². The van der Waals surface area contributed by atoms with Crippen LogP contribution in [0.2, 0.25) is 0 Å². The van der Waals surface area contributed by atoms with E-state index in [1.165, 1.54) is 24.3 Å². The Kier molecular flexibility index (Phi) is 2.50. The highest BCUT2D eigenvalue weighted by Crippen LogP contribution is 2.17. The number of hydrogen-bond donors (Lipinski definition) is 0. The van der Waals surface area contributed by atoms with E-state index in [9.17, 15) is 10.0 Å². The van der Waals surface area contributed by atoms with Gasteiger partial charge in [-0.3, -0.25) is 4.79 Å². The Morgan fingerprint density at radius 2 is 1.86 bits per heavy atom. The molecule has 3 nitrogen and oxygen atoms in total. The molecule has 0 spiro atoms. The number of nitrogens with zero attached hydrogens (tertiary/aromatic N) is 1. The molecule has 0 aliphatic heterocycles. The molecule has 0 heterocycles. The van der Waals surface area contributed by atoms with Crippen molar-refractivity contribution in [2.45, 2.75) is 26.3 Å². The monoisotopic (exact) mass is 193 g/mol. The van der Waals surface area contributed by atoms with Gasteiger partial charge in [-0.15, -0.1) is 0 Å². The van der Waals surface area contributed by atoms with Crippen LogP contribution in [0.5, 0.6) is 0 Å².